The zero-order chi connectivity index (χ0) is 28.6. The molecule has 0 saturated carbocycles. The lowest BCUT2D eigenvalue weighted by Crippen LogP contribution is -2.16. The Kier molecular flexibility index (Phi) is 14.1. The van der Waals surface area contributed by atoms with Crippen LogP contribution in [0.2, 0.25) is 0 Å². The number of anilines is 1. The van der Waals surface area contributed by atoms with Gasteiger partial charge < -0.3 is 33.7 Å². The molecule has 0 aliphatic rings. The van der Waals surface area contributed by atoms with E-state index in [0.717, 1.165) is 0 Å². The van der Waals surface area contributed by atoms with Crippen LogP contribution in [-0.2, 0) is 28.5 Å². The third kappa shape index (κ3) is 11.5. The summed E-state index contributed by atoms with van der Waals surface area (Å²) in [5.74, 6) is -13.7. The summed E-state index contributed by atoms with van der Waals surface area (Å²) in [6, 6.07) is 6.93. The van der Waals surface area contributed by atoms with Crippen molar-refractivity contribution in [1.29, 1.82) is 0 Å². The van der Waals surface area contributed by atoms with Gasteiger partial charge >= 0.3 is 5.97 Å². The molecule has 2 aromatic carbocycles. The van der Waals surface area contributed by atoms with Crippen molar-refractivity contribution < 1.29 is 60.0 Å². The van der Waals surface area contributed by atoms with Crippen molar-refractivity contribution in [3.05, 3.63) is 53.4 Å². The fourth-order valence-corrected chi connectivity index (χ4v) is 2.81. The van der Waals surface area contributed by atoms with Gasteiger partial charge in [0.1, 0.15) is 12.4 Å². The van der Waals surface area contributed by atoms with Gasteiger partial charge in [-0.15, -0.1) is 0 Å². The molecule has 0 fully saturated rings. The van der Waals surface area contributed by atoms with E-state index in [0.29, 0.717) is 44.5 Å². The van der Waals surface area contributed by atoms with Crippen molar-refractivity contribution >= 4 is 17.6 Å². The van der Waals surface area contributed by atoms with Crippen LogP contribution in [0.1, 0.15) is 13.3 Å². The first-order chi connectivity index (χ1) is 18.7. The van der Waals surface area contributed by atoms with Gasteiger partial charge in [-0.3, -0.25) is 9.59 Å². The second-order valence-electron chi connectivity index (χ2n) is 7.63. The molecule has 0 atom stereocenters. The molecular weight excluding hydrogens is 537 g/mol. The molecule has 0 spiro atoms. The molecule has 14 heteroatoms. The number of hydrogen-bond acceptors (Lipinski definition) is 8. The molecule has 0 saturated heterocycles. The highest BCUT2D eigenvalue weighted by atomic mass is 19.2. The lowest BCUT2D eigenvalue weighted by Gasteiger charge is -2.10. The van der Waals surface area contributed by atoms with E-state index < -0.39 is 47.2 Å². The maximum absolute atomic E-state index is 13.5. The van der Waals surface area contributed by atoms with E-state index in [-0.39, 0.29) is 32.3 Å². The van der Waals surface area contributed by atoms with E-state index in [1.165, 1.54) is 6.92 Å². The first-order valence-electron chi connectivity index (χ1n) is 11.7. The predicted octanol–water partition coefficient (Wildman–Crippen LogP) is 3.78. The van der Waals surface area contributed by atoms with Crippen molar-refractivity contribution in [2.24, 2.45) is 0 Å². The Morgan fingerprint density at radius 3 is 1.56 bits per heavy atom. The normalized spacial score (nSPS) is 10.9. The zero-order valence-corrected chi connectivity index (χ0v) is 21.0. The Morgan fingerprint density at radius 2 is 1.08 bits per heavy atom. The number of esters is 1. The molecule has 1 N–H and O–H groups in total. The van der Waals surface area contributed by atoms with Crippen LogP contribution >= 0.6 is 0 Å². The van der Waals surface area contributed by atoms with Crippen molar-refractivity contribution in [2.45, 2.75) is 13.3 Å². The minimum absolute atomic E-state index is 0.0783. The minimum Gasteiger partial charge on any atom is -0.491 e. The smallest absolute Gasteiger partial charge is 0.313 e. The quantitative estimate of drug-likeness (QED) is 0.0728. The lowest BCUT2D eigenvalue weighted by atomic mass is 10.2. The summed E-state index contributed by atoms with van der Waals surface area (Å²) in [5, 5.41) is 2.66. The third-order valence-corrected chi connectivity index (χ3v) is 4.62. The summed E-state index contributed by atoms with van der Waals surface area (Å²) < 4.78 is 97.0. The van der Waals surface area contributed by atoms with Crippen LogP contribution < -0.4 is 14.8 Å². The highest BCUT2D eigenvalue weighted by molar-refractivity contribution is 5.88. The average molecular weight is 565 g/mol. The molecule has 39 heavy (non-hydrogen) atoms. The molecule has 0 radical (unpaired) electrons. The molecule has 1 amide bonds. The van der Waals surface area contributed by atoms with Gasteiger partial charge in [-0.1, -0.05) is 0 Å². The largest absolute Gasteiger partial charge is 0.491 e. The maximum atomic E-state index is 13.5. The van der Waals surface area contributed by atoms with Gasteiger partial charge in [-0.2, -0.15) is 8.78 Å². The zero-order valence-electron chi connectivity index (χ0n) is 21.0. The van der Waals surface area contributed by atoms with Gasteiger partial charge in [0.25, 0.3) is 0 Å². The first kappa shape index (κ1) is 31.9. The number of rotatable bonds is 18. The lowest BCUT2D eigenvalue weighted by molar-refractivity contribution is -0.136. The molecule has 2 rings (SSSR count). The van der Waals surface area contributed by atoms with Crippen LogP contribution in [0.3, 0.4) is 0 Å². The van der Waals surface area contributed by atoms with E-state index >= 15 is 0 Å². The Morgan fingerprint density at radius 1 is 0.641 bits per heavy atom. The summed E-state index contributed by atoms with van der Waals surface area (Å²) in [4.78, 5) is 22.6. The highest BCUT2D eigenvalue weighted by Crippen LogP contribution is 2.29. The molecule has 9 nitrogen and oxygen atoms in total. The summed E-state index contributed by atoms with van der Waals surface area (Å²) >= 11 is 0. The van der Waals surface area contributed by atoms with Crippen molar-refractivity contribution in [2.75, 3.05) is 64.8 Å². The van der Waals surface area contributed by atoms with Crippen LogP contribution in [-0.4, -0.2) is 71.3 Å². The number of hydrogen-bond donors (Lipinski definition) is 1. The number of nitrogens with one attached hydrogen (secondary N) is 1. The van der Waals surface area contributed by atoms with E-state index in [4.69, 9.17) is 23.7 Å². The summed E-state index contributed by atoms with van der Waals surface area (Å²) in [5.41, 5.74) is 0.679. The third-order valence-electron chi connectivity index (χ3n) is 4.62. The van der Waals surface area contributed by atoms with Gasteiger partial charge in [0.15, 0.2) is 0 Å². The van der Waals surface area contributed by atoms with Crippen LogP contribution in [0.15, 0.2) is 24.3 Å². The van der Waals surface area contributed by atoms with E-state index in [2.05, 4.69) is 10.1 Å². The minimum atomic E-state index is -2.35. The van der Waals surface area contributed by atoms with Crippen LogP contribution in [0.25, 0.3) is 0 Å². The molecular formula is C25H28F5NO8. The Bertz CT molecular complexity index is 1040. The fraction of sp³-hybridized carbons (Fsp3) is 0.440. The van der Waals surface area contributed by atoms with Crippen molar-refractivity contribution in [3.63, 3.8) is 0 Å². The number of benzene rings is 2. The van der Waals surface area contributed by atoms with E-state index in [9.17, 15) is 31.5 Å². The molecule has 0 bridgehead atoms. The molecule has 216 valence electrons. The van der Waals surface area contributed by atoms with Crippen molar-refractivity contribution in [3.8, 4) is 11.5 Å². The summed E-state index contributed by atoms with van der Waals surface area (Å²) in [6.45, 7) is 3.42. The first-order valence-corrected chi connectivity index (χ1v) is 11.7. The molecule has 0 aliphatic heterocycles. The topological polar surface area (TPSA) is 102 Å². The Hall–Kier alpha value is -3.33. The second kappa shape index (κ2) is 17.3. The number of carbonyl (C=O) groups excluding carboxylic acids is 2. The van der Waals surface area contributed by atoms with Gasteiger partial charge in [0, 0.05) is 12.6 Å². The predicted molar refractivity (Wildman–Crippen MR) is 126 cm³/mol. The monoisotopic (exact) mass is 565 g/mol. The molecule has 2 aromatic rings. The molecule has 0 aromatic heterocycles. The van der Waals surface area contributed by atoms with Gasteiger partial charge in [-0.25, -0.2) is 13.2 Å². The maximum Gasteiger partial charge on any atom is 0.313 e. The van der Waals surface area contributed by atoms with Gasteiger partial charge in [-0.05, 0) is 24.3 Å². The van der Waals surface area contributed by atoms with Crippen LogP contribution in [0, 0.1) is 29.1 Å². The van der Waals surface area contributed by atoms with E-state index in [1.807, 2.05) is 0 Å². The number of carbonyl (C=O) groups is 2. The highest BCUT2D eigenvalue weighted by Gasteiger charge is 2.28. The molecule has 0 aliphatic carbocycles. The Labute approximate surface area is 221 Å². The van der Waals surface area contributed by atoms with Gasteiger partial charge in [0.05, 0.1) is 59.3 Å². The Balaban J connectivity index is 1.40. The summed E-state index contributed by atoms with van der Waals surface area (Å²) in [6.07, 6.45) is -0.488. The SMILES string of the molecule is CC(=O)Nc1ccc(OCCOCCOCCOCCOCCC(=O)Oc2c(F)c(F)c(F)c(F)c2F)cc1. The van der Waals surface area contributed by atoms with Crippen LogP contribution in [0.4, 0.5) is 27.6 Å². The standard InChI is InChI=1S/C25H28F5NO8/c1-16(32)31-17-2-4-18(5-3-17)38-15-14-37-13-12-36-11-10-35-9-8-34-7-6-19(33)39-25-23(29)21(27)20(26)22(28)24(25)30/h2-5H,6-15H2,1H3,(H,31,32). The molecule has 0 unspecified atom stereocenters. The van der Waals surface area contributed by atoms with Crippen molar-refractivity contribution in [1.82, 2.24) is 0 Å². The van der Waals surface area contributed by atoms with E-state index in [1.54, 1.807) is 24.3 Å². The number of halogens is 5. The average Bonchev–Trinajstić information content (AvgIpc) is 2.91. The second-order valence-corrected chi connectivity index (χ2v) is 7.63. The molecule has 0 heterocycles. The van der Waals surface area contributed by atoms with Crippen LogP contribution in [0.5, 0.6) is 11.5 Å². The number of ether oxygens (including phenoxy) is 6. The fourth-order valence-electron chi connectivity index (χ4n) is 2.81. The summed E-state index contributed by atoms with van der Waals surface area (Å²) in [7, 11) is 0. The van der Waals surface area contributed by atoms with Gasteiger partial charge in [0.2, 0.25) is 40.7 Å². The number of amides is 1.